The number of carbonyl (C=O) groups excluding carboxylic acids is 1. The Kier molecular flexibility index (Phi) is 5.69. The molecule has 0 aliphatic carbocycles. The standard InChI is InChI=1S/C24H25N5OS/c30-24(26-16-22-4-2-14-31-22)20-5-6-21-7-8-23(29(21)18-20)28-12-10-27(11-13-28)17-19-3-1-9-25-15-19/h1-9,14-15,18H,10-13,16-17H2,(H,26,30). The van der Waals surface area contributed by atoms with Crippen LogP contribution in [-0.2, 0) is 13.1 Å². The van der Waals surface area contributed by atoms with Gasteiger partial charge in [-0.25, -0.2) is 0 Å². The lowest BCUT2D eigenvalue weighted by molar-refractivity contribution is 0.0951. The highest BCUT2D eigenvalue weighted by atomic mass is 32.1. The minimum absolute atomic E-state index is 0.0451. The largest absolute Gasteiger partial charge is 0.355 e. The molecule has 6 nitrogen and oxygen atoms in total. The molecule has 0 unspecified atom stereocenters. The summed E-state index contributed by atoms with van der Waals surface area (Å²) in [5, 5.41) is 5.04. The molecule has 0 spiro atoms. The Bertz CT molecular complexity index is 1150. The maximum Gasteiger partial charge on any atom is 0.253 e. The monoisotopic (exact) mass is 431 g/mol. The third-order valence-corrected chi connectivity index (χ3v) is 6.60. The van der Waals surface area contributed by atoms with Crippen molar-refractivity contribution in [3.05, 3.63) is 88.5 Å². The van der Waals surface area contributed by atoms with Crippen LogP contribution < -0.4 is 10.2 Å². The van der Waals surface area contributed by atoms with Gasteiger partial charge in [-0.05, 0) is 47.3 Å². The van der Waals surface area contributed by atoms with E-state index < -0.39 is 0 Å². The lowest BCUT2D eigenvalue weighted by atomic mass is 10.2. The summed E-state index contributed by atoms with van der Waals surface area (Å²) in [6.07, 6.45) is 5.71. The Hall–Kier alpha value is -3.16. The van der Waals surface area contributed by atoms with E-state index in [0.717, 1.165) is 48.9 Å². The van der Waals surface area contributed by atoms with E-state index >= 15 is 0 Å². The van der Waals surface area contributed by atoms with E-state index in [0.29, 0.717) is 12.1 Å². The van der Waals surface area contributed by atoms with Gasteiger partial charge in [0.2, 0.25) is 0 Å². The Labute approximate surface area is 185 Å². The Balaban J connectivity index is 1.26. The van der Waals surface area contributed by atoms with Crippen molar-refractivity contribution in [1.82, 2.24) is 19.6 Å². The van der Waals surface area contributed by atoms with Gasteiger partial charge in [0.25, 0.3) is 5.91 Å². The molecule has 1 fully saturated rings. The Morgan fingerprint density at radius 1 is 1.03 bits per heavy atom. The van der Waals surface area contributed by atoms with Crippen LogP contribution in [0.4, 0.5) is 5.82 Å². The van der Waals surface area contributed by atoms with Gasteiger partial charge in [0.15, 0.2) is 0 Å². The van der Waals surface area contributed by atoms with Crippen molar-refractivity contribution in [2.75, 3.05) is 31.1 Å². The molecule has 1 N–H and O–H groups in total. The second-order valence-corrected chi connectivity index (χ2v) is 8.82. The number of anilines is 1. The van der Waals surface area contributed by atoms with Crippen LogP contribution in [0.2, 0.25) is 0 Å². The lowest BCUT2D eigenvalue weighted by Gasteiger charge is -2.35. The van der Waals surface area contributed by atoms with Crippen LogP contribution in [0, 0.1) is 0 Å². The highest BCUT2D eigenvalue weighted by Gasteiger charge is 2.20. The zero-order chi connectivity index (χ0) is 21.0. The van der Waals surface area contributed by atoms with Gasteiger partial charge in [0.05, 0.1) is 12.1 Å². The van der Waals surface area contributed by atoms with Gasteiger partial charge in [-0.2, -0.15) is 0 Å². The summed E-state index contributed by atoms with van der Waals surface area (Å²) in [7, 11) is 0. The SMILES string of the molecule is O=C(NCc1cccs1)c1ccc2ccc(N3CCN(Cc4cccnc4)CC3)n2c1. The molecule has 0 saturated carbocycles. The van der Waals surface area contributed by atoms with Crippen molar-refractivity contribution < 1.29 is 4.79 Å². The summed E-state index contributed by atoms with van der Waals surface area (Å²) in [5.74, 6) is 1.10. The number of amides is 1. The number of rotatable bonds is 6. The van der Waals surface area contributed by atoms with Gasteiger partial charge in [-0.15, -0.1) is 11.3 Å². The second-order valence-electron chi connectivity index (χ2n) is 7.79. The van der Waals surface area contributed by atoms with Crippen molar-refractivity contribution in [3.8, 4) is 0 Å². The maximum absolute atomic E-state index is 12.7. The number of fused-ring (bicyclic) bond motifs is 1. The molecule has 5 rings (SSSR count). The van der Waals surface area contributed by atoms with Gasteiger partial charge < -0.3 is 14.6 Å². The van der Waals surface area contributed by atoms with E-state index in [-0.39, 0.29) is 5.91 Å². The third kappa shape index (κ3) is 4.47. The van der Waals surface area contributed by atoms with E-state index in [4.69, 9.17) is 0 Å². The molecule has 0 radical (unpaired) electrons. The third-order valence-electron chi connectivity index (χ3n) is 5.72. The van der Waals surface area contributed by atoms with E-state index in [2.05, 4.69) is 42.7 Å². The molecule has 1 aliphatic rings. The summed E-state index contributed by atoms with van der Waals surface area (Å²) >= 11 is 1.65. The van der Waals surface area contributed by atoms with Crippen molar-refractivity contribution in [2.24, 2.45) is 0 Å². The molecule has 7 heteroatoms. The smallest absolute Gasteiger partial charge is 0.253 e. The summed E-state index contributed by atoms with van der Waals surface area (Å²) in [4.78, 5) is 22.9. The van der Waals surface area contributed by atoms with Gasteiger partial charge in [-0.3, -0.25) is 14.7 Å². The van der Waals surface area contributed by atoms with Crippen molar-refractivity contribution in [1.29, 1.82) is 0 Å². The van der Waals surface area contributed by atoms with Crippen LogP contribution in [-0.4, -0.2) is 46.4 Å². The second kappa shape index (κ2) is 8.91. The number of carbonyl (C=O) groups is 1. The number of piperazine rings is 1. The highest BCUT2D eigenvalue weighted by Crippen LogP contribution is 2.22. The van der Waals surface area contributed by atoms with Crippen molar-refractivity contribution in [3.63, 3.8) is 0 Å². The minimum atomic E-state index is -0.0451. The molecule has 0 atom stereocenters. The predicted octanol–water partition coefficient (Wildman–Crippen LogP) is 3.65. The number of hydrogen-bond donors (Lipinski definition) is 1. The number of hydrogen-bond acceptors (Lipinski definition) is 5. The normalized spacial score (nSPS) is 14.8. The fourth-order valence-electron chi connectivity index (χ4n) is 4.05. The molecule has 0 aromatic carbocycles. The zero-order valence-corrected chi connectivity index (χ0v) is 18.1. The maximum atomic E-state index is 12.7. The van der Waals surface area contributed by atoms with Gasteiger partial charge >= 0.3 is 0 Å². The van der Waals surface area contributed by atoms with E-state index in [1.807, 2.05) is 54.3 Å². The summed E-state index contributed by atoms with van der Waals surface area (Å²) in [6, 6.07) is 16.3. The average Bonchev–Trinajstić information content (AvgIpc) is 3.48. The van der Waals surface area contributed by atoms with Crippen LogP contribution in [0.25, 0.3) is 5.52 Å². The zero-order valence-electron chi connectivity index (χ0n) is 17.3. The fraction of sp³-hybridized carbons (Fsp3) is 0.250. The summed E-state index contributed by atoms with van der Waals surface area (Å²) in [6.45, 7) is 5.42. The Morgan fingerprint density at radius 2 is 1.90 bits per heavy atom. The number of nitrogens with zero attached hydrogens (tertiary/aromatic N) is 4. The van der Waals surface area contributed by atoms with E-state index in [1.165, 1.54) is 5.56 Å². The van der Waals surface area contributed by atoms with Gasteiger partial charge in [0, 0.05) is 61.7 Å². The minimum Gasteiger partial charge on any atom is -0.355 e. The fourth-order valence-corrected chi connectivity index (χ4v) is 4.69. The molecule has 158 valence electrons. The van der Waals surface area contributed by atoms with Crippen LogP contribution >= 0.6 is 11.3 Å². The first-order valence-electron chi connectivity index (χ1n) is 10.5. The highest BCUT2D eigenvalue weighted by molar-refractivity contribution is 7.09. The summed E-state index contributed by atoms with van der Waals surface area (Å²) < 4.78 is 2.14. The molecular formula is C24H25N5OS. The molecule has 1 aliphatic heterocycles. The number of aromatic nitrogens is 2. The first kappa shape index (κ1) is 19.8. The summed E-state index contributed by atoms with van der Waals surface area (Å²) in [5.41, 5.74) is 3.03. The van der Waals surface area contributed by atoms with E-state index in [1.54, 1.807) is 11.3 Å². The van der Waals surface area contributed by atoms with Gasteiger partial charge in [-0.1, -0.05) is 12.1 Å². The molecule has 1 amide bonds. The first-order chi connectivity index (χ1) is 15.3. The molecule has 4 aromatic heterocycles. The number of pyridine rings is 2. The van der Waals surface area contributed by atoms with Gasteiger partial charge in [0.1, 0.15) is 5.82 Å². The molecule has 5 heterocycles. The van der Waals surface area contributed by atoms with Crippen LogP contribution in [0.15, 0.2) is 72.5 Å². The van der Waals surface area contributed by atoms with Crippen molar-refractivity contribution >= 4 is 28.6 Å². The number of nitrogens with one attached hydrogen (secondary N) is 1. The molecule has 31 heavy (non-hydrogen) atoms. The van der Waals surface area contributed by atoms with Crippen molar-refractivity contribution in [2.45, 2.75) is 13.1 Å². The average molecular weight is 432 g/mol. The van der Waals surface area contributed by atoms with Crippen LogP contribution in [0.3, 0.4) is 0 Å². The van der Waals surface area contributed by atoms with E-state index in [9.17, 15) is 4.79 Å². The predicted molar refractivity (Wildman–Crippen MR) is 125 cm³/mol. The topological polar surface area (TPSA) is 52.9 Å². The van der Waals surface area contributed by atoms with Crippen LogP contribution in [0.1, 0.15) is 20.8 Å². The molecule has 4 aromatic rings. The van der Waals surface area contributed by atoms with Crippen LogP contribution in [0.5, 0.6) is 0 Å². The number of thiophene rings is 1. The quantitative estimate of drug-likeness (QED) is 0.506. The Morgan fingerprint density at radius 3 is 2.68 bits per heavy atom. The first-order valence-corrected chi connectivity index (χ1v) is 11.4. The molecular weight excluding hydrogens is 406 g/mol. The lowest BCUT2D eigenvalue weighted by Crippen LogP contribution is -2.46. The molecule has 1 saturated heterocycles. The molecule has 0 bridgehead atoms.